The number of H-pyrrole nitrogens is 1. The maximum Gasteiger partial charge on any atom is 0.411 e. The number of aromatic nitrogens is 2. The number of hydrogen-bond donors (Lipinski definition) is 4. The Morgan fingerprint density at radius 3 is 2.54 bits per heavy atom. The van der Waals surface area contributed by atoms with Gasteiger partial charge in [-0.3, -0.25) is 5.32 Å². The molecule has 0 aliphatic rings. The van der Waals surface area contributed by atoms with Crippen LogP contribution < -0.4 is 16.0 Å². The minimum absolute atomic E-state index is 0.301. The fourth-order valence-corrected chi connectivity index (χ4v) is 4.37. The number of imidazole rings is 1. The molecule has 0 radical (unpaired) electrons. The number of ether oxygens (including phenoxy) is 1. The van der Waals surface area contributed by atoms with Crippen molar-refractivity contribution in [3.63, 3.8) is 0 Å². The molecule has 10 heteroatoms. The quantitative estimate of drug-likeness (QED) is 0.242. The lowest BCUT2D eigenvalue weighted by molar-refractivity contribution is 0.187. The standard InChI is InChI=1S/C25H24ClN5O3S/c1-34-25(33)28-19-9-7-18(8-10-19)21-22(26)31-23(30-21)20(13-16-5-3-2-4-6-16)29-24(32)27-14-17-11-12-35-15-17/h2-12,15,20H,13-14H2,1H3,(H,28,33)(H,30,31)(H2,27,29,32). The minimum atomic E-state index is -0.551. The SMILES string of the molecule is COC(=O)Nc1ccc(-c2nc(C(Cc3ccccc3)NC(=O)NCc3ccsc3)[nH]c2Cl)cc1. The monoisotopic (exact) mass is 509 g/mol. The molecule has 0 fully saturated rings. The van der Waals surface area contributed by atoms with E-state index < -0.39 is 12.1 Å². The fourth-order valence-electron chi connectivity index (χ4n) is 3.46. The first kappa shape index (κ1) is 24.3. The Morgan fingerprint density at radius 1 is 1.09 bits per heavy atom. The highest BCUT2D eigenvalue weighted by molar-refractivity contribution is 7.07. The first-order valence-electron chi connectivity index (χ1n) is 10.8. The molecule has 4 aromatic rings. The number of rotatable bonds is 8. The van der Waals surface area contributed by atoms with Crippen LogP contribution in [-0.4, -0.2) is 29.2 Å². The van der Waals surface area contributed by atoms with Crippen molar-refractivity contribution in [1.29, 1.82) is 0 Å². The minimum Gasteiger partial charge on any atom is -0.453 e. The summed E-state index contributed by atoms with van der Waals surface area (Å²) in [5.41, 5.74) is 3.97. The third kappa shape index (κ3) is 6.62. The maximum atomic E-state index is 12.7. The second-order valence-corrected chi connectivity index (χ2v) is 8.84. The van der Waals surface area contributed by atoms with Gasteiger partial charge in [-0.05, 0) is 46.5 Å². The third-order valence-corrected chi connectivity index (χ3v) is 6.22. The van der Waals surface area contributed by atoms with Crippen LogP contribution in [0, 0.1) is 0 Å². The van der Waals surface area contributed by atoms with Gasteiger partial charge in [0.1, 0.15) is 16.7 Å². The van der Waals surface area contributed by atoms with Crippen molar-refractivity contribution in [3.8, 4) is 11.3 Å². The summed E-state index contributed by atoms with van der Waals surface area (Å²) in [6.07, 6.45) is -0.0252. The lowest BCUT2D eigenvalue weighted by Gasteiger charge is -2.17. The highest BCUT2D eigenvalue weighted by Crippen LogP contribution is 2.29. The number of methoxy groups -OCH3 is 1. The van der Waals surface area contributed by atoms with Crippen LogP contribution in [-0.2, 0) is 17.7 Å². The van der Waals surface area contributed by atoms with Crippen LogP contribution in [0.3, 0.4) is 0 Å². The molecule has 0 aliphatic heterocycles. The van der Waals surface area contributed by atoms with Gasteiger partial charge in [-0.1, -0.05) is 54.1 Å². The van der Waals surface area contributed by atoms with Gasteiger partial charge in [0.2, 0.25) is 0 Å². The first-order valence-corrected chi connectivity index (χ1v) is 12.1. The predicted molar refractivity (Wildman–Crippen MR) is 138 cm³/mol. The summed E-state index contributed by atoms with van der Waals surface area (Å²) in [5.74, 6) is 0.538. The molecule has 2 aromatic carbocycles. The number of carbonyl (C=O) groups excluding carboxylic acids is 2. The molecule has 0 bridgehead atoms. The normalized spacial score (nSPS) is 11.5. The number of benzene rings is 2. The molecule has 1 unspecified atom stereocenters. The molecule has 180 valence electrons. The highest BCUT2D eigenvalue weighted by atomic mass is 35.5. The van der Waals surface area contributed by atoms with Gasteiger partial charge >= 0.3 is 12.1 Å². The van der Waals surface area contributed by atoms with E-state index in [1.165, 1.54) is 7.11 Å². The van der Waals surface area contributed by atoms with E-state index in [0.717, 1.165) is 16.7 Å². The Hall–Kier alpha value is -3.82. The number of carbonyl (C=O) groups is 2. The second-order valence-electron chi connectivity index (χ2n) is 7.68. The van der Waals surface area contributed by atoms with Crippen molar-refractivity contribution in [2.75, 3.05) is 12.4 Å². The van der Waals surface area contributed by atoms with E-state index in [0.29, 0.717) is 35.3 Å². The van der Waals surface area contributed by atoms with Crippen LogP contribution in [0.15, 0.2) is 71.4 Å². The van der Waals surface area contributed by atoms with Crippen molar-refractivity contribution in [3.05, 3.63) is 93.5 Å². The predicted octanol–water partition coefficient (Wildman–Crippen LogP) is 5.75. The average Bonchev–Trinajstić information content (AvgIpc) is 3.53. The second kappa shape index (κ2) is 11.5. The lowest BCUT2D eigenvalue weighted by atomic mass is 10.1. The summed E-state index contributed by atoms with van der Waals surface area (Å²) < 4.78 is 4.61. The average molecular weight is 510 g/mol. The molecule has 0 aliphatic carbocycles. The Labute approximate surface area is 211 Å². The van der Waals surface area contributed by atoms with Gasteiger partial charge in [0.25, 0.3) is 0 Å². The largest absolute Gasteiger partial charge is 0.453 e. The molecule has 2 heterocycles. The molecule has 0 saturated heterocycles. The first-order chi connectivity index (χ1) is 17.0. The number of nitrogens with one attached hydrogen (secondary N) is 4. The molecule has 35 heavy (non-hydrogen) atoms. The van der Waals surface area contributed by atoms with Gasteiger partial charge in [-0.2, -0.15) is 11.3 Å². The van der Waals surface area contributed by atoms with Crippen LogP contribution in [0.4, 0.5) is 15.3 Å². The summed E-state index contributed by atoms with van der Waals surface area (Å²) in [4.78, 5) is 31.9. The van der Waals surface area contributed by atoms with Gasteiger partial charge < -0.3 is 20.4 Å². The van der Waals surface area contributed by atoms with E-state index in [-0.39, 0.29) is 6.03 Å². The Bertz CT molecular complexity index is 1260. The molecule has 8 nitrogen and oxygen atoms in total. The molecular weight excluding hydrogens is 486 g/mol. The number of amides is 3. The summed E-state index contributed by atoms with van der Waals surface area (Å²) >= 11 is 8.09. The number of nitrogens with zero attached hydrogens (tertiary/aromatic N) is 1. The number of anilines is 1. The van der Waals surface area contributed by atoms with E-state index in [4.69, 9.17) is 16.6 Å². The summed E-state index contributed by atoms with van der Waals surface area (Å²) in [6.45, 7) is 0.434. The molecular formula is C25H24ClN5O3S. The molecule has 0 saturated carbocycles. The van der Waals surface area contributed by atoms with Crippen LogP contribution in [0.2, 0.25) is 5.15 Å². The van der Waals surface area contributed by atoms with Gasteiger partial charge in [0.15, 0.2) is 0 Å². The van der Waals surface area contributed by atoms with Crippen LogP contribution in [0.5, 0.6) is 0 Å². The Kier molecular flexibility index (Phi) is 8.02. The molecule has 3 amide bonds. The number of urea groups is 1. The number of aromatic amines is 1. The number of halogens is 1. The van der Waals surface area contributed by atoms with Gasteiger partial charge in [0, 0.05) is 17.8 Å². The molecule has 1 atom stereocenters. The van der Waals surface area contributed by atoms with Crippen LogP contribution in [0.25, 0.3) is 11.3 Å². The van der Waals surface area contributed by atoms with Gasteiger partial charge in [-0.15, -0.1) is 0 Å². The topological polar surface area (TPSA) is 108 Å². The van der Waals surface area contributed by atoms with Crippen molar-refractivity contribution in [2.45, 2.75) is 19.0 Å². The van der Waals surface area contributed by atoms with E-state index in [1.54, 1.807) is 35.6 Å². The zero-order valence-corrected chi connectivity index (χ0v) is 20.5. The van der Waals surface area contributed by atoms with E-state index in [2.05, 4.69) is 25.7 Å². The lowest BCUT2D eigenvalue weighted by Crippen LogP contribution is -2.38. The van der Waals surface area contributed by atoms with Gasteiger partial charge in [-0.25, -0.2) is 14.6 Å². The summed E-state index contributed by atoms with van der Waals surface area (Å²) in [6, 6.07) is 18.1. The molecule has 4 rings (SSSR count). The Morgan fingerprint density at radius 2 is 1.86 bits per heavy atom. The number of thiophene rings is 1. The third-order valence-electron chi connectivity index (χ3n) is 5.22. The van der Waals surface area contributed by atoms with Crippen LogP contribution >= 0.6 is 22.9 Å². The molecule has 4 N–H and O–H groups in total. The summed E-state index contributed by atoms with van der Waals surface area (Å²) in [7, 11) is 1.30. The zero-order chi connectivity index (χ0) is 24.6. The van der Waals surface area contributed by atoms with Gasteiger partial charge in [0.05, 0.1) is 13.2 Å². The van der Waals surface area contributed by atoms with Crippen molar-refractivity contribution >= 4 is 40.7 Å². The fraction of sp³-hybridized carbons (Fsp3) is 0.160. The zero-order valence-electron chi connectivity index (χ0n) is 18.9. The van der Waals surface area contributed by atoms with Crippen molar-refractivity contribution in [2.24, 2.45) is 0 Å². The Balaban J connectivity index is 1.53. The molecule has 0 spiro atoms. The van der Waals surface area contributed by atoms with Crippen molar-refractivity contribution < 1.29 is 14.3 Å². The van der Waals surface area contributed by atoms with E-state index >= 15 is 0 Å². The van der Waals surface area contributed by atoms with Crippen LogP contribution in [0.1, 0.15) is 23.0 Å². The smallest absolute Gasteiger partial charge is 0.411 e. The van der Waals surface area contributed by atoms with E-state index in [9.17, 15) is 9.59 Å². The van der Waals surface area contributed by atoms with Crippen molar-refractivity contribution in [1.82, 2.24) is 20.6 Å². The van der Waals surface area contributed by atoms with E-state index in [1.807, 2.05) is 47.2 Å². The molecule has 2 aromatic heterocycles. The summed E-state index contributed by atoms with van der Waals surface area (Å²) in [5, 5.41) is 12.8. The number of hydrogen-bond acceptors (Lipinski definition) is 5. The highest BCUT2D eigenvalue weighted by Gasteiger charge is 2.21. The maximum absolute atomic E-state index is 12.7.